The topological polar surface area (TPSA) is 120 Å². The molecule has 1 aromatic carbocycles. The van der Waals surface area contributed by atoms with Gasteiger partial charge in [0.2, 0.25) is 0 Å². The average Bonchev–Trinajstić information content (AvgIpc) is 3.26. The smallest absolute Gasteiger partial charge is 0.236 e. The van der Waals surface area contributed by atoms with E-state index >= 15 is 0 Å². The van der Waals surface area contributed by atoms with Crippen molar-refractivity contribution in [2.75, 3.05) is 14.1 Å². The molecule has 3 aromatic rings. The normalized spacial score (nSPS) is 12.6. The molecule has 2 heterocycles. The lowest BCUT2D eigenvalue weighted by Gasteiger charge is -2.09. The summed E-state index contributed by atoms with van der Waals surface area (Å²) in [6.07, 6.45) is 3.41. The number of nitrogens with zero attached hydrogens (tertiary/aromatic N) is 6. The number of hydrogen-bond donors (Lipinski definition) is 0. The minimum absolute atomic E-state index is 0.174. The number of imidazole rings is 1. The van der Waals surface area contributed by atoms with Crippen LogP contribution in [-0.4, -0.2) is 58.4 Å². The molecule has 0 saturated heterocycles. The summed E-state index contributed by atoms with van der Waals surface area (Å²) < 4.78 is 51.9. The monoisotopic (exact) mass is 382 g/mol. The van der Waals surface area contributed by atoms with Crippen molar-refractivity contribution in [1.29, 1.82) is 0 Å². The van der Waals surface area contributed by atoms with Crippen LogP contribution in [-0.2, 0) is 20.2 Å². The molecule has 0 aliphatic rings. The third kappa shape index (κ3) is 2.94. The zero-order chi connectivity index (χ0) is 18.2. The zero-order valence-electron chi connectivity index (χ0n) is 13.3. The largest absolute Gasteiger partial charge is 0.323 e. The van der Waals surface area contributed by atoms with Crippen molar-refractivity contribution in [3.05, 3.63) is 49.1 Å². The second-order valence-corrected chi connectivity index (χ2v) is 8.82. The molecule has 0 aliphatic heterocycles. The molecule has 25 heavy (non-hydrogen) atoms. The molecule has 2 aromatic heterocycles. The van der Waals surface area contributed by atoms with Gasteiger partial charge in [-0.2, -0.15) is 21.1 Å². The Balaban J connectivity index is 2.09. The van der Waals surface area contributed by atoms with E-state index in [0.29, 0.717) is 9.65 Å². The molecule has 0 fully saturated rings. The average molecular weight is 382 g/mol. The molecular weight excluding hydrogens is 368 g/mol. The van der Waals surface area contributed by atoms with Gasteiger partial charge < -0.3 is 0 Å². The van der Waals surface area contributed by atoms with Crippen LogP contribution >= 0.6 is 0 Å². The standard InChI is InChI=1S/C13H14N6O4S2/c1-17(2)25(22,23)19-10-15-13(16-19)24(20,21)18-9-8-14-12(18)11-6-4-3-5-7-11/h3-10H,1-2H3. The van der Waals surface area contributed by atoms with Gasteiger partial charge in [-0.25, -0.2) is 13.9 Å². The van der Waals surface area contributed by atoms with Gasteiger partial charge in [0.25, 0.3) is 5.16 Å². The van der Waals surface area contributed by atoms with Gasteiger partial charge in [0.1, 0.15) is 6.33 Å². The fourth-order valence-corrected chi connectivity index (χ4v) is 3.87. The van der Waals surface area contributed by atoms with Crippen LogP contribution in [0.25, 0.3) is 11.4 Å². The van der Waals surface area contributed by atoms with E-state index in [9.17, 15) is 16.8 Å². The molecule has 0 saturated carbocycles. The summed E-state index contributed by atoms with van der Waals surface area (Å²) in [5, 5.41) is 2.96. The molecule has 3 rings (SSSR count). The molecule has 0 bridgehead atoms. The summed E-state index contributed by atoms with van der Waals surface area (Å²) in [4.78, 5) is 7.69. The summed E-state index contributed by atoms with van der Waals surface area (Å²) in [5.41, 5.74) is 0.580. The van der Waals surface area contributed by atoms with Crippen molar-refractivity contribution in [3.8, 4) is 11.4 Å². The van der Waals surface area contributed by atoms with Crippen molar-refractivity contribution in [2.45, 2.75) is 5.16 Å². The Morgan fingerprint density at radius 2 is 1.68 bits per heavy atom. The summed E-state index contributed by atoms with van der Waals surface area (Å²) >= 11 is 0. The van der Waals surface area contributed by atoms with E-state index in [-0.39, 0.29) is 5.82 Å². The molecule has 0 amide bonds. The molecule has 0 N–H and O–H groups in total. The van der Waals surface area contributed by atoms with Crippen molar-refractivity contribution in [2.24, 2.45) is 0 Å². The van der Waals surface area contributed by atoms with Crippen LogP contribution in [0, 0.1) is 0 Å². The van der Waals surface area contributed by atoms with Crippen LogP contribution in [0.3, 0.4) is 0 Å². The predicted octanol–water partition coefficient (Wildman–Crippen LogP) is 0.0331. The second-order valence-electron chi connectivity index (χ2n) is 5.11. The maximum Gasteiger partial charge on any atom is 0.323 e. The predicted molar refractivity (Wildman–Crippen MR) is 88.3 cm³/mol. The van der Waals surface area contributed by atoms with Gasteiger partial charge in [-0.3, -0.25) is 0 Å². The van der Waals surface area contributed by atoms with Crippen LogP contribution in [0.4, 0.5) is 0 Å². The quantitative estimate of drug-likeness (QED) is 0.610. The van der Waals surface area contributed by atoms with E-state index in [1.165, 1.54) is 26.5 Å². The van der Waals surface area contributed by atoms with Gasteiger partial charge in [-0.05, 0) is 0 Å². The highest BCUT2D eigenvalue weighted by atomic mass is 32.2. The Morgan fingerprint density at radius 3 is 2.32 bits per heavy atom. The lowest BCUT2D eigenvalue weighted by molar-refractivity contribution is 0.502. The van der Waals surface area contributed by atoms with Gasteiger partial charge in [-0.1, -0.05) is 30.3 Å². The summed E-state index contributed by atoms with van der Waals surface area (Å²) in [7, 11) is -5.57. The molecule has 0 aliphatic carbocycles. The van der Waals surface area contributed by atoms with Crippen LogP contribution in [0.1, 0.15) is 0 Å². The Hall–Kier alpha value is -2.57. The number of benzene rings is 1. The van der Waals surface area contributed by atoms with Crippen LogP contribution < -0.4 is 0 Å². The molecule has 0 spiro atoms. The van der Waals surface area contributed by atoms with Gasteiger partial charge in [0, 0.05) is 32.1 Å². The zero-order valence-corrected chi connectivity index (χ0v) is 14.9. The molecule has 0 unspecified atom stereocenters. The first-order chi connectivity index (χ1) is 11.7. The minimum Gasteiger partial charge on any atom is -0.236 e. The van der Waals surface area contributed by atoms with Crippen molar-refractivity contribution in [1.82, 2.24) is 27.4 Å². The van der Waals surface area contributed by atoms with E-state index < -0.39 is 25.4 Å². The Bertz CT molecular complexity index is 1100. The second kappa shape index (κ2) is 6.06. The molecule has 132 valence electrons. The first-order valence-corrected chi connectivity index (χ1v) is 9.77. The van der Waals surface area contributed by atoms with Crippen molar-refractivity contribution < 1.29 is 16.8 Å². The van der Waals surface area contributed by atoms with E-state index in [0.717, 1.165) is 14.6 Å². The van der Waals surface area contributed by atoms with E-state index in [1.807, 2.05) is 0 Å². The Kier molecular flexibility index (Phi) is 4.18. The maximum absolute atomic E-state index is 12.8. The fraction of sp³-hybridized carbons (Fsp3) is 0.154. The fourth-order valence-electron chi connectivity index (χ4n) is 1.99. The highest BCUT2D eigenvalue weighted by Crippen LogP contribution is 2.21. The summed E-state index contributed by atoms with van der Waals surface area (Å²) in [6.45, 7) is 0. The van der Waals surface area contributed by atoms with Crippen LogP contribution in [0.15, 0.2) is 54.2 Å². The highest BCUT2D eigenvalue weighted by Gasteiger charge is 2.28. The molecule has 12 heteroatoms. The number of rotatable bonds is 5. The molecule has 0 atom stereocenters. The number of hydrogen-bond acceptors (Lipinski definition) is 7. The molecular formula is C13H14N6O4S2. The number of aromatic nitrogens is 5. The van der Waals surface area contributed by atoms with Crippen molar-refractivity contribution in [3.63, 3.8) is 0 Å². The van der Waals surface area contributed by atoms with Crippen LogP contribution in [0.5, 0.6) is 0 Å². The van der Waals surface area contributed by atoms with E-state index in [1.54, 1.807) is 30.3 Å². The molecule has 0 radical (unpaired) electrons. The third-order valence-corrected chi connectivity index (χ3v) is 6.31. The van der Waals surface area contributed by atoms with E-state index in [4.69, 9.17) is 0 Å². The lowest BCUT2D eigenvalue weighted by atomic mass is 10.2. The lowest BCUT2D eigenvalue weighted by Crippen LogP contribution is -2.29. The van der Waals surface area contributed by atoms with E-state index in [2.05, 4.69) is 15.1 Å². The Labute approximate surface area is 144 Å². The minimum atomic E-state index is -4.21. The Morgan fingerprint density at radius 1 is 1.00 bits per heavy atom. The van der Waals surface area contributed by atoms with Crippen LogP contribution in [0.2, 0.25) is 0 Å². The first-order valence-electron chi connectivity index (χ1n) is 6.93. The van der Waals surface area contributed by atoms with Gasteiger partial charge >= 0.3 is 20.2 Å². The van der Waals surface area contributed by atoms with Crippen molar-refractivity contribution >= 4 is 20.2 Å². The molecule has 10 nitrogen and oxygen atoms in total. The highest BCUT2D eigenvalue weighted by molar-refractivity contribution is 7.90. The third-order valence-electron chi connectivity index (χ3n) is 3.28. The first kappa shape index (κ1) is 17.3. The summed E-state index contributed by atoms with van der Waals surface area (Å²) in [6, 6.07) is 8.70. The maximum atomic E-state index is 12.8. The van der Waals surface area contributed by atoms with Gasteiger partial charge in [0.15, 0.2) is 5.82 Å². The van der Waals surface area contributed by atoms with Gasteiger partial charge in [0.05, 0.1) is 0 Å². The summed E-state index contributed by atoms with van der Waals surface area (Å²) in [5.74, 6) is 0.174. The SMILES string of the molecule is CN(C)S(=O)(=O)n1cnc(S(=O)(=O)n2ccnc2-c2ccccc2)n1. The van der Waals surface area contributed by atoms with Gasteiger partial charge in [-0.15, -0.1) is 9.19 Å².